The summed E-state index contributed by atoms with van der Waals surface area (Å²) in [6.07, 6.45) is 15.2. The van der Waals surface area contributed by atoms with E-state index in [0.29, 0.717) is 120 Å². The van der Waals surface area contributed by atoms with Gasteiger partial charge in [-0.2, -0.15) is 17.2 Å². The van der Waals surface area contributed by atoms with Crippen LogP contribution >= 0.6 is 45.3 Å². The number of thiophene rings is 4. The van der Waals surface area contributed by atoms with Crippen molar-refractivity contribution in [3.05, 3.63) is 307 Å². The van der Waals surface area contributed by atoms with Gasteiger partial charge in [0, 0.05) is 148 Å². The predicted octanol–water partition coefficient (Wildman–Crippen LogP) is 19.4. The molecule has 4 amide bonds. The molecule has 0 saturated carbocycles. The largest absolute Gasteiger partial charge is 0.497 e. The Kier molecular flexibility index (Phi) is 31.7. The van der Waals surface area contributed by atoms with Crippen LogP contribution in [0.25, 0.3) is 47.9 Å². The molecule has 0 aliphatic carbocycles. The summed E-state index contributed by atoms with van der Waals surface area (Å²) in [6.45, 7) is 11.4. The molecule has 8 aliphatic heterocycles. The fraction of sp³-hybridized carbons (Fsp3) is 0.321. The van der Waals surface area contributed by atoms with Crippen molar-refractivity contribution in [1.82, 2.24) is 22.2 Å². The summed E-state index contributed by atoms with van der Waals surface area (Å²) in [6, 6.07) is 59.9. The average Bonchev–Trinajstić information content (AvgIpc) is 1.59. The molecule has 0 radical (unpaired) electrons. The number of carbonyl (C=O) groups excluding carboxylic acids is 8. The number of carbonyl (C=O) groups is 8. The minimum absolute atomic E-state index is 0.0238. The molecule has 764 valence electrons. The number of nitrogens with zero attached hydrogens (tertiary/aromatic N) is 10. The topological polar surface area (TPSA) is 335 Å². The van der Waals surface area contributed by atoms with Crippen LogP contribution in [0.15, 0.2) is 257 Å². The third kappa shape index (κ3) is 20.8. The Hall–Kier alpha value is -12.6. The van der Waals surface area contributed by atoms with Crippen molar-refractivity contribution in [1.29, 1.82) is 0 Å². The first kappa shape index (κ1) is 104. The molecule has 8 aliphatic rings. The van der Waals surface area contributed by atoms with Gasteiger partial charge in [-0.25, -0.2) is 40.2 Å². The van der Waals surface area contributed by atoms with Gasteiger partial charge in [0.1, 0.15) is 22.6 Å². The lowest BCUT2D eigenvalue weighted by Crippen LogP contribution is -2.48. The minimum atomic E-state index is -3.72. The first-order valence-corrected chi connectivity index (χ1v) is 59.1. The maximum atomic E-state index is 13.7. The molecule has 0 N–H and O–H groups in total. The molecule has 5 aromatic heterocycles. The number of anilines is 4. The maximum absolute atomic E-state index is 13.7. The summed E-state index contributed by atoms with van der Waals surface area (Å²) < 4.78 is 123. The number of hydrogen-bond acceptors (Lipinski definition) is 23. The molecule has 14 aromatic rings. The SMILES string of the molecule is COCCCN1C(=O)c2cccc3c(CC(=O)C4CCCCN4S(=O)(=O)c4cccs4)ccc1c23.COc1ccc(CCCN2C(=O)c3cccc4c(CC(=O)C5CCCCN5S(=O)(=O)c5cccs5)ccc2c34)cc1.O=C(Cc1ccc2c3c(cccc13)C(=O)N2Cc1ccncc1)C1CCCCN1S(=O)(=O)c1cccs1.[C-]#[N+]CCCN1C(=O)c2cccc3c(CC(=O)C4CCCCN4S(=O)(=O)c4cccs4)ccc1c23. The van der Waals surface area contributed by atoms with Crippen molar-refractivity contribution in [2.75, 3.05) is 92.8 Å². The zero-order chi connectivity index (χ0) is 103. The number of ketones is 4. The normalized spacial score (nSPS) is 18.0. The Balaban J connectivity index is 0.000000124. The van der Waals surface area contributed by atoms with Crippen LogP contribution in [-0.4, -0.2) is 200 Å². The zero-order valence-corrected chi connectivity index (χ0v) is 88.2. The van der Waals surface area contributed by atoms with Crippen LogP contribution in [0.3, 0.4) is 0 Å². The van der Waals surface area contributed by atoms with E-state index in [-0.39, 0.29) is 89.3 Å². The lowest BCUT2D eigenvalue weighted by atomic mass is 9.93. The number of benzene rings is 9. The van der Waals surface area contributed by atoms with E-state index in [4.69, 9.17) is 16.0 Å². The standard InChI is InChI=1S/C32H32N2O5S2.C28H25N3O4S2.C26H25N3O4S2.C26H28N2O5S2/c1-39-24-15-12-22(13-16-24)7-5-18-33-28-17-14-23(25-8-4-9-26(31(25)28)32(33)36)21-29(35)27-10-2-3-19-34(27)41(37,38)30-11-6-20-40-30;32-25(23-7-1-2-15-31(23)37(34,35)26-8-4-16-36-26)17-20-9-10-24-27-21(20)5-3-6-22(27)28(33)30(24)18-19-11-13-29-14-12-19;1-27-13-6-14-28-22-12-11-18(19-7-4-8-20(25(19)22)26(28)31)17-23(30)21-9-2-3-15-29(21)35(32,33)24-10-5-16-34-24;1-33-15-6-13-27-22-12-11-18(19-7-4-8-20(25(19)22)26(27)30)17-23(29)21-9-2-3-14-28(21)35(31,32)24-10-5-16-34-24/h4,6,8-9,11-17,20,27H,2-3,5,7,10,18-19,21H2,1H3;3-6,8-14,16,23H,1-2,7,15,17-18H2;4-5,7-8,10-12,16,21H,2-3,6,9,13-15,17H2;4-5,7-8,10-12,16,21H,2-3,6,9,13-15,17H2,1H3. The van der Waals surface area contributed by atoms with Crippen LogP contribution in [0.1, 0.15) is 171 Å². The smallest absolute Gasteiger partial charge is 0.259 e. The van der Waals surface area contributed by atoms with Crippen LogP contribution in [0.2, 0.25) is 0 Å². The highest BCUT2D eigenvalue weighted by molar-refractivity contribution is 7.92. The molecule has 22 rings (SSSR count). The van der Waals surface area contributed by atoms with Crippen LogP contribution in [-0.2, 0) is 103 Å². The van der Waals surface area contributed by atoms with Crippen molar-refractivity contribution in [3.63, 3.8) is 0 Å². The van der Waals surface area contributed by atoms with Crippen LogP contribution in [0.5, 0.6) is 5.75 Å². The van der Waals surface area contributed by atoms with Crippen molar-refractivity contribution in [3.8, 4) is 5.75 Å². The number of Topliss-reactive ketones (excluding diaryl/α,β-unsaturated/α-hetero) is 4. The number of sulfonamides is 4. The quantitative estimate of drug-likeness (QED) is 0.0267. The van der Waals surface area contributed by atoms with Gasteiger partial charge in [-0.3, -0.25) is 43.3 Å². The van der Waals surface area contributed by atoms with E-state index < -0.39 is 64.3 Å². The number of aryl methyl sites for hydroxylation is 1. The number of piperidine rings is 4. The first-order chi connectivity index (χ1) is 71.7. The highest BCUT2D eigenvalue weighted by Gasteiger charge is 2.45. The molecular weight excluding hydrogens is 2030 g/mol. The van der Waals surface area contributed by atoms with Gasteiger partial charge in [-0.1, -0.05) is 135 Å². The number of pyridine rings is 1. The van der Waals surface area contributed by atoms with Crippen molar-refractivity contribution >= 4 is 198 Å². The molecule has 0 bridgehead atoms. The second-order valence-corrected chi connectivity index (χ2v) is 50.1. The van der Waals surface area contributed by atoms with Gasteiger partial charge in [0.2, 0.25) is 6.54 Å². The third-order valence-electron chi connectivity index (χ3n) is 29.0. The minimum Gasteiger partial charge on any atom is -0.497 e. The number of ether oxygens (including phenoxy) is 2. The summed E-state index contributed by atoms with van der Waals surface area (Å²) in [5, 5.41) is 13.8. The number of amides is 4. The first-order valence-electron chi connectivity index (χ1n) is 49.8. The van der Waals surface area contributed by atoms with Gasteiger partial charge >= 0.3 is 0 Å². The molecule has 4 saturated heterocycles. The Labute approximate surface area is 876 Å². The summed E-state index contributed by atoms with van der Waals surface area (Å²) in [5.41, 5.74) is 11.3. The molecule has 0 spiro atoms. The second kappa shape index (κ2) is 45.1. The third-order valence-corrected chi connectivity index (χ3v) is 42.1. The fourth-order valence-corrected chi connectivity index (χ4v) is 33.0. The molecule has 148 heavy (non-hydrogen) atoms. The zero-order valence-electron chi connectivity index (χ0n) is 81.7. The van der Waals surface area contributed by atoms with E-state index in [2.05, 4.69) is 9.83 Å². The van der Waals surface area contributed by atoms with E-state index in [1.807, 2.05) is 157 Å². The molecule has 9 aromatic carbocycles. The lowest BCUT2D eigenvalue weighted by Gasteiger charge is -2.33. The van der Waals surface area contributed by atoms with E-state index >= 15 is 0 Å². The lowest BCUT2D eigenvalue weighted by molar-refractivity contribution is -0.123. The number of aromatic nitrogens is 1. The van der Waals surface area contributed by atoms with Gasteiger partial charge in [0.25, 0.3) is 63.7 Å². The maximum Gasteiger partial charge on any atom is 0.259 e. The summed E-state index contributed by atoms with van der Waals surface area (Å²) in [7, 11) is -11.6. The van der Waals surface area contributed by atoms with E-state index in [1.165, 1.54) is 68.1 Å². The fourth-order valence-electron chi connectivity index (χ4n) is 21.8. The Bertz CT molecular complexity index is 7970. The van der Waals surface area contributed by atoms with Crippen molar-refractivity contribution in [2.24, 2.45) is 0 Å². The van der Waals surface area contributed by atoms with Crippen LogP contribution < -0.4 is 24.3 Å². The Morgan fingerprint density at radius 3 is 0.973 bits per heavy atom. The monoisotopic (exact) mass is 2140 g/mol. The number of rotatable bonds is 34. The molecule has 4 fully saturated rings. The summed E-state index contributed by atoms with van der Waals surface area (Å²) >= 11 is 4.69. The van der Waals surface area contributed by atoms with Gasteiger partial charge in [-0.15, -0.1) is 45.3 Å². The molecule has 28 nitrogen and oxygen atoms in total. The number of methoxy groups -OCH3 is 2. The van der Waals surface area contributed by atoms with Crippen molar-refractivity contribution < 1.29 is 81.5 Å². The van der Waals surface area contributed by atoms with E-state index in [9.17, 15) is 72.0 Å². The molecule has 4 atom stereocenters. The van der Waals surface area contributed by atoms with Gasteiger partial charge in [0.05, 0.1) is 60.6 Å². The van der Waals surface area contributed by atoms with Crippen LogP contribution in [0.4, 0.5) is 22.7 Å². The second-order valence-electron chi connectivity index (χ2n) is 37.8. The predicted molar refractivity (Wildman–Crippen MR) is 578 cm³/mol. The van der Waals surface area contributed by atoms with Gasteiger partial charge in [0.15, 0.2) is 23.1 Å². The van der Waals surface area contributed by atoms with Crippen molar-refractivity contribution in [2.45, 2.75) is 176 Å². The van der Waals surface area contributed by atoms with E-state index in [1.54, 1.807) is 117 Å². The highest BCUT2D eigenvalue weighted by Crippen LogP contribution is 2.47. The van der Waals surface area contributed by atoms with Gasteiger partial charge < -0.3 is 33.9 Å². The van der Waals surface area contributed by atoms with Crippen LogP contribution in [0, 0.1) is 6.57 Å². The molecule has 13 heterocycles. The average molecular weight is 2140 g/mol. The van der Waals surface area contributed by atoms with E-state index in [0.717, 1.165) is 170 Å². The number of hydrogen-bond donors (Lipinski definition) is 0. The molecule has 4 unspecified atom stereocenters. The summed E-state index contributed by atoms with van der Waals surface area (Å²) in [4.78, 5) is 122. The molecular formula is C112H110N10O18S8. The Morgan fingerprint density at radius 1 is 0.358 bits per heavy atom. The summed E-state index contributed by atoms with van der Waals surface area (Å²) in [5.74, 6) is 0.163. The van der Waals surface area contributed by atoms with Gasteiger partial charge in [-0.05, 0) is 244 Å². The molecule has 36 heteroatoms. The highest BCUT2D eigenvalue weighted by atomic mass is 32.3. The Morgan fingerprint density at radius 2 is 0.669 bits per heavy atom.